The van der Waals surface area contributed by atoms with E-state index in [-0.39, 0.29) is 11.3 Å². The van der Waals surface area contributed by atoms with Crippen molar-refractivity contribution < 1.29 is 39.9 Å². The zero-order chi connectivity index (χ0) is 22.9. The maximum atomic E-state index is 11.7. The highest BCUT2D eigenvalue weighted by Gasteiger charge is 2.46. The fraction of sp³-hybridized carbons (Fsp3) is 0.429. The van der Waals surface area contributed by atoms with E-state index in [1.165, 1.54) is 6.07 Å². The van der Waals surface area contributed by atoms with Crippen LogP contribution in [0.25, 0.3) is 0 Å². The summed E-state index contributed by atoms with van der Waals surface area (Å²) in [7, 11) is 0. The number of rotatable bonds is 6. The van der Waals surface area contributed by atoms with Gasteiger partial charge in [0.2, 0.25) is 5.75 Å². The van der Waals surface area contributed by atoms with Gasteiger partial charge >= 0.3 is 5.69 Å². The fourth-order valence-corrected chi connectivity index (χ4v) is 3.60. The molecule has 0 saturated carbocycles. The summed E-state index contributed by atoms with van der Waals surface area (Å²) in [5, 5.41) is 62.0. The zero-order valence-electron chi connectivity index (χ0n) is 17.0. The average Bonchev–Trinajstić information content (AvgIpc) is 2.72. The molecule has 168 valence electrons. The van der Waals surface area contributed by atoms with Gasteiger partial charge in [0.15, 0.2) is 0 Å². The van der Waals surface area contributed by atoms with Gasteiger partial charge in [-0.05, 0) is 48.7 Å². The predicted octanol–water partition coefficient (Wildman–Crippen LogP) is 0.880. The van der Waals surface area contributed by atoms with Crippen molar-refractivity contribution in [2.45, 2.75) is 50.5 Å². The minimum absolute atomic E-state index is 0.0298. The predicted molar refractivity (Wildman–Crippen MR) is 108 cm³/mol. The second-order valence-corrected chi connectivity index (χ2v) is 7.59. The van der Waals surface area contributed by atoms with Crippen LogP contribution in [0.15, 0.2) is 36.4 Å². The van der Waals surface area contributed by atoms with Crippen molar-refractivity contribution in [1.29, 1.82) is 0 Å². The molecule has 10 nitrogen and oxygen atoms in total. The Morgan fingerprint density at radius 2 is 1.84 bits per heavy atom. The van der Waals surface area contributed by atoms with E-state index in [0.29, 0.717) is 11.3 Å². The summed E-state index contributed by atoms with van der Waals surface area (Å²) in [6.45, 7) is 2.79. The summed E-state index contributed by atoms with van der Waals surface area (Å²) in [6, 6.07) is 9.49. The van der Waals surface area contributed by atoms with Gasteiger partial charge in [-0.15, -0.1) is 0 Å². The number of hydrogen-bond donors (Lipinski definition) is 5. The monoisotopic (exact) mass is 435 g/mol. The van der Waals surface area contributed by atoms with Crippen molar-refractivity contribution in [1.82, 2.24) is 0 Å². The van der Waals surface area contributed by atoms with Crippen LogP contribution in [0.4, 0.5) is 5.69 Å². The largest absolute Gasteiger partial charge is 0.450 e. The third-order valence-electron chi connectivity index (χ3n) is 5.32. The molecule has 0 amide bonds. The molecule has 1 aliphatic heterocycles. The number of nitrogens with zero attached hydrogens (tertiary/aromatic N) is 1. The Bertz CT molecular complexity index is 948. The zero-order valence-corrected chi connectivity index (χ0v) is 17.0. The molecule has 5 N–H and O–H groups in total. The van der Waals surface area contributed by atoms with Gasteiger partial charge in [0.1, 0.15) is 42.4 Å². The summed E-state index contributed by atoms with van der Waals surface area (Å²) in [5.74, 6) is 0.377. The number of aliphatic hydroxyl groups excluding tert-OH is 5. The van der Waals surface area contributed by atoms with Crippen molar-refractivity contribution in [3.63, 3.8) is 0 Å². The van der Waals surface area contributed by atoms with E-state index < -0.39 is 53.8 Å². The molecule has 2 aromatic carbocycles. The topological polar surface area (TPSA) is 163 Å². The molecule has 2 aromatic rings. The van der Waals surface area contributed by atoms with Gasteiger partial charge in [0.25, 0.3) is 0 Å². The van der Waals surface area contributed by atoms with Crippen molar-refractivity contribution in [2.75, 3.05) is 6.61 Å². The molecule has 0 aromatic heterocycles. The van der Waals surface area contributed by atoms with Crippen LogP contribution >= 0.6 is 0 Å². The molecule has 1 saturated heterocycles. The number of aryl methyl sites for hydroxylation is 2. The maximum Gasteiger partial charge on any atom is 0.311 e. The number of ether oxygens (including phenoxy) is 2. The van der Waals surface area contributed by atoms with Crippen LogP contribution in [-0.4, -0.2) is 67.6 Å². The molecule has 2 unspecified atom stereocenters. The first-order chi connectivity index (χ1) is 14.6. The number of hydrogen-bond acceptors (Lipinski definition) is 9. The molecule has 10 heteroatoms. The summed E-state index contributed by atoms with van der Waals surface area (Å²) in [4.78, 5) is 11.0. The molecule has 0 radical (unpaired) electrons. The normalized spacial score (nSPS) is 27.0. The van der Waals surface area contributed by atoms with Gasteiger partial charge in [-0.3, -0.25) is 10.1 Å². The molecule has 0 bridgehead atoms. The van der Waals surface area contributed by atoms with Crippen LogP contribution in [0, 0.1) is 24.0 Å². The highest BCUT2D eigenvalue weighted by Crippen LogP contribution is 2.39. The lowest BCUT2D eigenvalue weighted by Crippen LogP contribution is -2.59. The molecular formula is C21H25NO9. The van der Waals surface area contributed by atoms with Crippen LogP contribution in [-0.2, 0) is 4.74 Å². The van der Waals surface area contributed by atoms with Gasteiger partial charge in [0, 0.05) is 6.07 Å². The second kappa shape index (κ2) is 9.27. The van der Waals surface area contributed by atoms with Gasteiger partial charge in [-0.25, -0.2) is 0 Å². The summed E-state index contributed by atoms with van der Waals surface area (Å²) < 4.78 is 11.1. The first-order valence-electron chi connectivity index (χ1n) is 9.66. The van der Waals surface area contributed by atoms with Crippen LogP contribution < -0.4 is 4.74 Å². The van der Waals surface area contributed by atoms with Gasteiger partial charge < -0.3 is 35.0 Å². The van der Waals surface area contributed by atoms with Crippen LogP contribution in [0.1, 0.15) is 22.8 Å². The number of benzene rings is 2. The third-order valence-corrected chi connectivity index (χ3v) is 5.32. The Labute approximate surface area is 178 Å². The number of nitro benzene ring substituents is 1. The highest BCUT2D eigenvalue weighted by atomic mass is 16.6. The Balaban J connectivity index is 1.96. The first-order valence-corrected chi connectivity index (χ1v) is 9.66. The van der Waals surface area contributed by atoms with Crippen molar-refractivity contribution >= 4 is 5.69 Å². The minimum Gasteiger partial charge on any atom is -0.450 e. The third kappa shape index (κ3) is 4.69. The van der Waals surface area contributed by atoms with Gasteiger partial charge in [-0.1, -0.05) is 12.1 Å². The Kier molecular flexibility index (Phi) is 6.90. The fourth-order valence-electron chi connectivity index (χ4n) is 3.60. The lowest BCUT2D eigenvalue weighted by Gasteiger charge is -2.42. The molecule has 3 rings (SSSR count). The van der Waals surface area contributed by atoms with E-state index in [4.69, 9.17) is 9.47 Å². The quantitative estimate of drug-likeness (QED) is 0.327. The van der Waals surface area contributed by atoms with Gasteiger partial charge in [0.05, 0.1) is 11.5 Å². The first kappa shape index (κ1) is 23.1. The standard InChI is InChI=1S/C21H25NO9/c1-10-4-3-5-12(6-10)30-15-7-11(2)13(8-14(15)22(28)29)17(24)21-20(27)19(26)18(25)16(9-23)31-21/h3-8,16-21,23-27H,9H2,1-2H3/t16?,17-,18-,19+,20?,21-/m1/s1. The van der Waals surface area contributed by atoms with Crippen LogP contribution in [0.2, 0.25) is 0 Å². The highest BCUT2D eigenvalue weighted by molar-refractivity contribution is 5.54. The van der Waals surface area contributed by atoms with Crippen molar-refractivity contribution in [3.8, 4) is 11.5 Å². The second-order valence-electron chi connectivity index (χ2n) is 7.59. The lowest BCUT2D eigenvalue weighted by molar-refractivity contribution is -0.385. The van der Waals surface area contributed by atoms with E-state index in [9.17, 15) is 35.6 Å². The minimum atomic E-state index is -1.69. The number of nitro groups is 1. The van der Waals surface area contributed by atoms with E-state index in [0.717, 1.165) is 11.6 Å². The lowest BCUT2D eigenvalue weighted by atomic mass is 9.88. The van der Waals surface area contributed by atoms with E-state index in [1.54, 1.807) is 25.1 Å². The molecule has 0 aliphatic carbocycles. The molecule has 1 aliphatic rings. The molecule has 31 heavy (non-hydrogen) atoms. The molecular weight excluding hydrogens is 410 g/mol. The van der Waals surface area contributed by atoms with Crippen molar-refractivity contribution in [2.24, 2.45) is 0 Å². The smallest absolute Gasteiger partial charge is 0.311 e. The van der Waals surface area contributed by atoms with Crippen molar-refractivity contribution in [3.05, 3.63) is 63.2 Å². The molecule has 0 spiro atoms. The Hall–Kier alpha value is -2.60. The van der Waals surface area contributed by atoms with E-state index >= 15 is 0 Å². The van der Waals surface area contributed by atoms with Crippen LogP contribution in [0.5, 0.6) is 11.5 Å². The summed E-state index contributed by atoms with van der Waals surface area (Å²) >= 11 is 0. The molecule has 1 heterocycles. The average molecular weight is 435 g/mol. The number of aliphatic hydroxyl groups is 5. The van der Waals surface area contributed by atoms with E-state index in [2.05, 4.69) is 0 Å². The molecule has 1 fully saturated rings. The molecule has 6 atom stereocenters. The summed E-state index contributed by atoms with van der Waals surface area (Å²) in [6.07, 6.45) is -9.17. The Morgan fingerprint density at radius 1 is 1.13 bits per heavy atom. The van der Waals surface area contributed by atoms with Crippen LogP contribution in [0.3, 0.4) is 0 Å². The van der Waals surface area contributed by atoms with E-state index in [1.807, 2.05) is 13.0 Å². The maximum absolute atomic E-state index is 11.7. The Morgan fingerprint density at radius 3 is 2.45 bits per heavy atom. The summed E-state index contributed by atoms with van der Waals surface area (Å²) in [5.41, 5.74) is 0.989. The van der Waals surface area contributed by atoms with Gasteiger partial charge in [-0.2, -0.15) is 0 Å². The SMILES string of the molecule is Cc1cccc(Oc2cc(C)c([C@@H](O)[C@H]3OC(CO)[C@@H](O)[C@H](O)C3O)cc2[N+](=O)[O-])c1.